The topological polar surface area (TPSA) is 64.4 Å². The van der Waals surface area contributed by atoms with Crippen molar-refractivity contribution < 1.29 is 13.9 Å². The normalized spacial score (nSPS) is 11.1. The van der Waals surface area contributed by atoms with Crippen molar-refractivity contribution in [2.75, 3.05) is 5.32 Å². The summed E-state index contributed by atoms with van der Waals surface area (Å²) in [6.45, 7) is 7.07. The molecular weight excluding hydrogens is 184 g/mol. The zero-order valence-corrected chi connectivity index (χ0v) is 8.75. The fourth-order valence-electron chi connectivity index (χ4n) is 0.829. The molecule has 0 fully saturated rings. The molecule has 0 aliphatic rings. The average molecular weight is 198 g/mol. The standard InChI is InChI=1S/C9H14N2O3/c1-6-10-7(5-13-6)11-8(12)14-9(2,3)4/h5H,1-4H3,(H,11,12). The van der Waals surface area contributed by atoms with Crippen molar-refractivity contribution in [1.82, 2.24) is 4.98 Å². The predicted octanol–water partition coefficient (Wildman–Crippen LogP) is 2.33. The smallest absolute Gasteiger partial charge is 0.413 e. The summed E-state index contributed by atoms with van der Waals surface area (Å²) >= 11 is 0. The molecule has 0 saturated carbocycles. The van der Waals surface area contributed by atoms with Crippen molar-refractivity contribution in [1.29, 1.82) is 0 Å². The number of carbonyl (C=O) groups is 1. The lowest BCUT2D eigenvalue weighted by Gasteiger charge is -2.18. The number of aromatic nitrogens is 1. The van der Waals surface area contributed by atoms with Gasteiger partial charge in [-0.15, -0.1) is 0 Å². The van der Waals surface area contributed by atoms with Gasteiger partial charge >= 0.3 is 6.09 Å². The average Bonchev–Trinajstić information content (AvgIpc) is 2.30. The van der Waals surface area contributed by atoms with E-state index in [9.17, 15) is 4.79 Å². The molecule has 0 aromatic carbocycles. The quantitative estimate of drug-likeness (QED) is 0.752. The Balaban J connectivity index is 2.50. The van der Waals surface area contributed by atoms with E-state index < -0.39 is 11.7 Å². The van der Waals surface area contributed by atoms with E-state index >= 15 is 0 Å². The minimum absolute atomic E-state index is 0.358. The van der Waals surface area contributed by atoms with E-state index in [0.717, 1.165) is 0 Å². The van der Waals surface area contributed by atoms with E-state index in [0.29, 0.717) is 11.7 Å². The van der Waals surface area contributed by atoms with Gasteiger partial charge in [0, 0.05) is 6.92 Å². The Bertz CT molecular complexity index is 325. The van der Waals surface area contributed by atoms with Crippen LogP contribution in [-0.4, -0.2) is 16.7 Å². The van der Waals surface area contributed by atoms with Crippen LogP contribution in [0.1, 0.15) is 26.7 Å². The SMILES string of the molecule is Cc1nc(NC(=O)OC(C)(C)C)co1. The van der Waals surface area contributed by atoms with E-state index in [1.165, 1.54) is 6.26 Å². The summed E-state index contributed by atoms with van der Waals surface area (Å²) in [5.74, 6) is 0.854. The van der Waals surface area contributed by atoms with Crippen LogP contribution in [0.3, 0.4) is 0 Å². The van der Waals surface area contributed by atoms with E-state index in [-0.39, 0.29) is 0 Å². The maximum atomic E-state index is 11.2. The molecule has 0 bridgehead atoms. The second-order valence-electron chi connectivity index (χ2n) is 3.88. The third kappa shape index (κ3) is 3.47. The summed E-state index contributed by atoms with van der Waals surface area (Å²) in [5, 5.41) is 2.45. The molecule has 0 aliphatic heterocycles. The van der Waals surface area contributed by atoms with Crippen molar-refractivity contribution >= 4 is 11.9 Å². The van der Waals surface area contributed by atoms with Crippen molar-refractivity contribution in [2.45, 2.75) is 33.3 Å². The summed E-state index contributed by atoms with van der Waals surface area (Å²) in [5.41, 5.74) is -0.511. The van der Waals surface area contributed by atoms with E-state index in [1.807, 2.05) is 0 Å². The van der Waals surface area contributed by atoms with Crippen LogP contribution >= 0.6 is 0 Å². The lowest BCUT2D eigenvalue weighted by atomic mass is 10.2. The lowest BCUT2D eigenvalue weighted by Crippen LogP contribution is -2.27. The van der Waals surface area contributed by atoms with Gasteiger partial charge in [-0.1, -0.05) is 0 Å². The number of nitrogens with zero attached hydrogens (tertiary/aromatic N) is 1. The van der Waals surface area contributed by atoms with E-state index in [1.54, 1.807) is 27.7 Å². The number of rotatable bonds is 1. The molecule has 1 N–H and O–H groups in total. The molecule has 1 heterocycles. The molecule has 14 heavy (non-hydrogen) atoms. The Morgan fingerprint density at radius 1 is 1.57 bits per heavy atom. The number of amides is 1. The third-order valence-electron chi connectivity index (χ3n) is 1.25. The van der Waals surface area contributed by atoms with Gasteiger partial charge in [0.05, 0.1) is 0 Å². The molecule has 1 aromatic rings. The first-order valence-electron chi connectivity index (χ1n) is 4.29. The highest BCUT2D eigenvalue weighted by molar-refractivity contribution is 5.83. The molecule has 0 atom stereocenters. The molecule has 1 rings (SSSR count). The minimum atomic E-state index is -0.536. The maximum absolute atomic E-state index is 11.2. The van der Waals surface area contributed by atoms with Crippen LogP contribution in [0.15, 0.2) is 10.7 Å². The Kier molecular flexibility index (Phi) is 2.78. The van der Waals surface area contributed by atoms with Crippen LogP contribution in [0.5, 0.6) is 0 Å². The molecule has 5 heteroatoms. The fraction of sp³-hybridized carbons (Fsp3) is 0.556. The second kappa shape index (κ2) is 3.69. The minimum Gasteiger partial charge on any atom is -0.447 e. The number of ether oxygens (including phenoxy) is 1. The summed E-state index contributed by atoms with van der Waals surface area (Å²) in [7, 11) is 0. The molecule has 5 nitrogen and oxygen atoms in total. The van der Waals surface area contributed by atoms with Crippen LogP contribution < -0.4 is 5.32 Å². The number of carbonyl (C=O) groups excluding carboxylic acids is 1. The number of hydrogen-bond donors (Lipinski definition) is 1. The van der Waals surface area contributed by atoms with Gasteiger partial charge in [-0.25, -0.2) is 4.79 Å². The zero-order valence-electron chi connectivity index (χ0n) is 8.75. The monoisotopic (exact) mass is 198 g/mol. The van der Waals surface area contributed by atoms with Gasteiger partial charge in [-0.2, -0.15) is 4.98 Å². The van der Waals surface area contributed by atoms with Crippen molar-refractivity contribution in [3.05, 3.63) is 12.2 Å². The van der Waals surface area contributed by atoms with Gasteiger partial charge in [0.2, 0.25) is 0 Å². The molecule has 0 aliphatic carbocycles. The van der Waals surface area contributed by atoms with Gasteiger partial charge in [-0.05, 0) is 20.8 Å². The molecule has 0 saturated heterocycles. The summed E-state index contributed by atoms with van der Waals surface area (Å²) in [4.78, 5) is 15.1. The van der Waals surface area contributed by atoms with Crippen LogP contribution in [-0.2, 0) is 4.74 Å². The van der Waals surface area contributed by atoms with Gasteiger partial charge in [-0.3, -0.25) is 5.32 Å². The first-order chi connectivity index (χ1) is 6.37. The Morgan fingerprint density at radius 2 is 2.21 bits per heavy atom. The molecule has 1 aromatic heterocycles. The largest absolute Gasteiger partial charge is 0.447 e. The summed E-state index contributed by atoms with van der Waals surface area (Å²) in [6, 6.07) is 0. The van der Waals surface area contributed by atoms with Crippen molar-refractivity contribution in [2.24, 2.45) is 0 Å². The number of nitrogens with one attached hydrogen (secondary N) is 1. The fourth-order valence-corrected chi connectivity index (χ4v) is 0.829. The Labute approximate surface area is 82.5 Å². The van der Waals surface area contributed by atoms with E-state index in [2.05, 4.69) is 10.3 Å². The number of hydrogen-bond acceptors (Lipinski definition) is 4. The zero-order chi connectivity index (χ0) is 10.8. The highest BCUT2D eigenvalue weighted by atomic mass is 16.6. The molecule has 0 unspecified atom stereocenters. The Morgan fingerprint density at radius 3 is 2.64 bits per heavy atom. The highest BCUT2D eigenvalue weighted by Gasteiger charge is 2.16. The van der Waals surface area contributed by atoms with Gasteiger partial charge in [0.15, 0.2) is 11.7 Å². The lowest BCUT2D eigenvalue weighted by molar-refractivity contribution is 0.0635. The van der Waals surface area contributed by atoms with Crippen molar-refractivity contribution in [3.63, 3.8) is 0 Å². The van der Waals surface area contributed by atoms with Crippen LogP contribution in [0.4, 0.5) is 10.6 Å². The highest BCUT2D eigenvalue weighted by Crippen LogP contribution is 2.10. The first-order valence-corrected chi connectivity index (χ1v) is 4.29. The third-order valence-corrected chi connectivity index (χ3v) is 1.25. The Hall–Kier alpha value is -1.52. The molecule has 1 amide bonds. The van der Waals surface area contributed by atoms with Gasteiger partial charge in [0.25, 0.3) is 0 Å². The van der Waals surface area contributed by atoms with Crippen LogP contribution in [0.2, 0.25) is 0 Å². The van der Waals surface area contributed by atoms with E-state index in [4.69, 9.17) is 9.15 Å². The molecule has 0 radical (unpaired) electrons. The second-order valence-corrected chi connectivity index (χ2v) is 3.88. The molecule has 78 valence electrons. The van der Waals surface area contributed by atoms with Gasteiger partial charge in [0.1, 0.15) is 11.9 Å². The number of oxazole rings is 1. The number of anilines is 1. The molecule has 0 spiro atoms. The van der Waals surface area contributed by atoms with Gasteiger partial charge < -0.3 is 9.15 Å². The number of aryl methyl sites for hydroxylation is 1. The van der Waals surface area contributed by atoms with Crippen LogP contribution in [0.25, 0.3) is 0 Å². The first kappa shape index (κ1) is 10.6. The predicted molar refractivity (Wildman–Crippen MR) is 51.1 cm³/mol. The summed E-state index contributed by atoms with van der Waals surface area (Å²) in [6.07, 6.45) is 0.824. The summed E-state index contributed by atoms with van der Waals surface area (Å²) < 4.78 is 9.93. The van der Waals surface area contributed by atoms with Crippen LogP contribution in [0, 0.1) is 6.92 Å². The molecular formula is C9H14N2O3. The maximum Gasteiger partial charge on any atom is 0.413 e. The van der Waals surface area contributed by atoms with Crippen molar-refractivity contribution in [3.8, 4) is 0 Å².